The lowest BCUT2D eigenvalue weighted by Crippen LogP contribution is -2.45. The fourth-order valence-corrected chi connectivity index (χ4v) is 2.66. The number of hydrogen-bond donors (Lipinski definition) is 2. The smallest absolute Gasteiger partial charge is 0.191 e. The zero-order chi connectivity index (χ0) is 20.4. The molecule has 0 aliphatic carbocycles. The van der Waals surface area contributed by atoms with Gasteiger partial charge >= 0.3 is 0 Å². The Morgan fingerprint density at radius 3 is 2.61 bits per heavy atom. The molecule has 1 unspecified atom stereocenters. The van der Waals surface area contributed by atoms with E-state index in [4.69, 9.17) is 9.73 Å². The summed E-state index contributed by atoms with van der Waals surface area (Å²) in [5.41, 5.74) is 1.25. The minimum absolute atomic E-state index is 0.341. The number of aliphatic imine (C=N–C) groups is 1. The number of aryl methyl sites for hydroxylation is 1. The first-order valence-corrected chi connectivity index (χ1v) is 10.1. The molecule has 0 saturated carbocycles. The largest absolute Gasteiger partial charge is 0.497 e. The molecule has 1 aromatic carbocycles. The number of rotatable bonds is 10. The molecule has 0 aliphatic heterocycles. The SMILES string of the molecule is CCc1nncn1CCNC(=NCCc1ccc(OC)cc1)NC(C)C(C)C. The molecule has 28 heavy (non-hydrogen) atoms. The summed E-state index contributed by atoms with van der Waals surface area (Å²) in [7, 11) is 1.68. The first-order chi connectivity index (χ1) is 13.5. The molecule has 2 N–H and O–H groups in total. The minimum Gasteiger partial charge on any atom is -0.497 e. The maximum absolute atomic E-state index is 5.21. The second-order valence-electron chi connectivity index (χ2n) is 7.23. The third-order valence-corrected chi connectivity index (χ3v) is 4.85. The molecule has 2 rings (SSSR count). The number of aromatic nitrogens is 3. The Kier molecular flexibility index (Phi) is 8.78. The molecule has 0 saturated heterocycles. The molecular formula is C21H34N6O. The van der Waals surface area contributed by atoms with E-state index in [0.29, 0.717) is 12.0 Å². The van der Waals surface area contributed by atoms with E-state index in [-0.39, 0.29) is 0 Å². The summed E-state index contributed by atoms with van der Waals surface area (Å²) >= 11 is 0. The van der Waals surface area contributed by atoms with Gasteiger partial charge in [0.2, 0.25) is 0 Å². The normalized spacial score (nSPS) is 12.9. The second-order valence-corrected chi connectivity index (χ2v) is 7.23. The van der Waals surface area contributed by atoms with Gasteiger partial charge in [0.25, 0.3) is 0 Å². The van der Waals surface area contributed by atoms with Gasteiger partial charge in [-0.15, -0.1) is 10.2 Å². The summed E-state index contributed by atoms with van der Waals surface area (Å²) < 4.78 is 7.29. The third-order valence-electron chi connectivity index (χ3n) is 4.85. The molecule has 0 spiro atoms. The lowest BCUT2D eigenvalue weighted by atomic mass is 10.1. The molecule has 2 aromatic rings. The Morgan fingerprint density at radius 2 is 1.96 bits per heavy atom. The summed E-state index contributed by atoms with van der Waals surface area (Å²) in [5, 5.41) is 15.1. The molecular weight excluding hydrogens is 352 g/mol. The lowest BCUT2D eigenvalue weighted by molar-refractivity contribution is 0.414. The molecule has 1 atom stereocenters. The molecule has 0 fully saturated rings. The summed E-state index contributed by atoms with van der Waals surface area (Å²) in [4.78, 5) is 4.77. The molecule has 154 valence electrons. The molecule has 7 heteroatoms. The van der Waals surface area contributed by atoms with E-state index >= 15 is 0 Å². The summed E-state index contributed by atoms with van der Waals surface area (Å²) in [6.45, 7) is 11.0. The first kappa shape index (κ1) is 21.7. The van der Waals surface area contributed by atoms with Crippen LogP contribution in [-0.2, 0) is 19.4 Å². The van der Waals surface area contributed by atoms with Crippen LogP contribution in [0.2, 0.25) is 0 Å². The van der Waals surface area contributed by atoms with Crippen LogP contribution in [0.5, 0.6) is 5.75 Å². The van der Waals surface area contributed by atoms with Gasteiger partial charge < -0.3 is 19.9 Å². The molecule has 1 aromatic heterocycles. The number of benzene rings is 1. The minimum atomic E-state index is 0.341. The summed E-state index contributed by atoms with van der Waals surface area (Å²) in [6, 6.07) is 8.49. The van der Waals surface area contributed by atoms with Crippen LogP contribution in [-0.4, -0.2) is 47.0 Å². The fourth-order valence-electron chi connectivity index (χ4n) is 2.66. The monoisotopic (exact) mass is 386 g/mol. The van der Waals surface area contributed by atoms with E-state index in [9.17, 15) is 0 Å². The predicted molar refractivity (Wildman–Crippen MR) is 114 cm³/mol. The van der Waals surface area contributed by atoms with Crippen LogP contribution in [0, 0.1) is 5.92 Å². The molecule has 7 nitrogen and oxygen atoms in total. The van der Waals surface area contributed by atoms with Crippen molar-refractivity contribution in [2.45, 2.75) is 53.1 Å². The third kappa shape index (κ3) is 6.87. The fraction of sp³-hybridized carbons (Fsp3) is 0.571. The number of nitrogens with zero attached hydrogens (tertiary/aromatic N) is 4. The van der Waals surface area contributed by atoms with Crippen molar-refractivity contribution < 1.29 is 4.74 Å². The van der Waals surface area contributed by atoms with E-state index in [1.54, 1.807) is 13.4 Å². The van der Waals surface area contributed by atoms with Crippen molar-refractivity contribution in [2.24, 2.45) is 10.9 Å². The quantitative estimate of drug-likeness (QED) is 0.485. The van der Waals surface area contributed by atoms with E-state index in [0.717, 1.165) is 50.0 Å². The average Bonchev–Trinajstić information content (AvgIpc) is 3.15. The predicted octanol–water partition coefficient (Wildman–Crippen LogP) is 2.67. The first-order valence-electron chi connectivity index (χ1n) is 10.1. The van der Waals surface area contributed by atoms with Crippen LogP contribution in [0.15, 0.2) is 35.6 Å². The number of guanidine groups is 1. The van der Waals surface area contributed by atoms with Crippen molar-refractivity contribution in [2.75, 3.05) is 20.2 Å². The Labute approximate surface area is 168 Å². The summed E-state index contributed by atoms with van der Waals surface area (Å²) in [6.07, 6.45) is 3.55. The van der Waals surface area contributed by atoms with Gasteiger partial charge in [-0.25, -0.2) is 0 Å². The Hall–Kier alpha value is -2.57. The highest BCUT2D eigenvalue weighted by Gasteiger charge is 2.09. The van der Waals surface area contributed by atoms with Gasteiger partial charge in [0.1, 0.15) is 17.9 Å². The van der Waals surface area contributed by atoms with E-state index in [1.807, 2.05) is 12.1 Å². The maximum Gasteiger partial charge on any atom is 0.191 e. The zero-order valence-electron chi connectivity index (χ0n) is 17.8. The van der Waals surface area contributed by atoms with Crippen molar-refractivity contribution in [1.82, 2.24) is 25.4 Å². The zero-order valence-corrected chi connectivity index (χ0v) is 17.8. The highest BCUT2D eigenvalue weighted by Crippen LogP contribution is 2.11. The Balaban J connectivity index is 1.91. The van der Waals surface area contributed by atoms with Gasteiger partial charge in [-0.2, -0.15) is 0 Å². The van der Waals surface area contributed by atoms with Gasteiger partial charge in [0.15, 0.2) is 5.96 Å². The number of ether oxygens (including phenoxy) is 1. The van der Waals surface area contributed by atoms with Crippen LogP contribution in [0.4, 0.5) is 0 Å². The summed E-state index contributed by atoms with van der Waals surface area (Å²) in [5.74, 6) is 3.25. The average molecular weight is 387 g/mol. The van der Waals surface area contributed by atoms with Crippen molar-refractivity contribution >= 4 is 5.96 Å². The van der Waals surface area contributed by atoms with Gasteiger partial charge in [0.05, 0.1) is 7.11 Å². The van der Waals surface area contributed by atoms with Gasteiger partial charge in [-0.1, -0.05) is 32.9 Å². The number of nitrogens with one attached hydrogen (secondary N) is 2. The van der Waals surface area contributed by atoms with Crippen molar-refractivity contribution in [3.05, 3.63) is 42.0 Å². The highest BCUT2D eigenvalue weighted by atomic mass is 16.5. The van der Waals surface area contributed by atoms with Crippen LogP contribution in [0.3, 0.4) is 0 Å². The Bertz CT molecular complexity index is 723. The van der Waals surface area contributed by atoms with E-state index in [1.165, 1.54) is 5.56 Å². The van der Waals surface area contributed by atoms with Crippen LogP contribution < -0.4 is 15.4 Å². The maximum atomic E-state index is 5.21. The number of methoxy groups -OCH3 is 1. The van der Waals surface area contributed by atoms with Crippen LogP contribution in [0.1, 0.15) is 39.1 Å². The van der Waals surface area contributed by atoms with Crippen molar-refractivity contribution in [1.29, 1.82) is 0 Å². The van der Waals surface area contributed by atoms with Gasteiger partial charge in [-0.05, 0) is 37.0 Å². The van der Waals surface area contributed by atoms with Gasteiger partial charge in [-0.3, -0.25) is 4.99 Å². The second kappa shape index (κ2) is 11.3. The molecule has 0 bridgehead atoms. The van der Waals surface area contributed by atoms with Crippen LogP contribution in [0.25, 0.3) is 0 Å². The molecule has 0 radical (unpaired) electrons. The Morgan fingerprint density at radius 1 is 1.21 bits per heavy atom. The molecule has 0 aliphatic rings. The number of hydrogen-bond acceptors (Lipinski definition) is 4. The standard InChI is InChI=1S/C21H34N6O/c1-6-20-26-24-15-27(20)14-13-23-21(25-17(4)16(2)3)22-12-11-18-7-9-19(28-5)10-8-18/h7-10,15-17H,6,11-14H2,1-5H3,(H2,22,23,25). The lowest BCUT2D eigenvalue weighted by Gasteiger charge is -2.21. The van der Waals surface area contributed by atoms with Gasteiger partial charge in [0, 0.05) is 32.1 Å². The van der Waals surface area contributed by atoms with Crippen LogP contribution >= 0.6 is 0 Å². The molecule has 0 amide bonds. The topological polar surface area (TPSA) is 76.4 Å². The van der Waals surface area contributed by atoms with E-state index < -0.39 is 0 Å². The van der Waals surface area contributed by atoms with Crippen molar-refractivity contribution in [3.8, 4) is 5.75 Å². The van der Waals surface area contributed by atoms with Crippen molar-refractivity contribution in [3.63, 3.8) is 0 Å². The molecule has 1 heterocycles. The van der Waals surface area contributed by atoms with E-state index in [2.05, 4.69) is 65.2 Å². The highest BCUT2D eigenvalue weighted by molar-refractivity contribution is 5.80.